The molecule has 0 radical (unpaired) electrons. The molecule has 3 rings (SSSR count). The van der Waals surface area contributed by atoms with Crippen molar-refractivity contribution in [3.05, 3.63) is 76.9 Å². The molecule has 1 unspecified atom stereocenters. The van der Waals surface area contributed by atoms with Crippen LogP contribution in [-0.2, 0) is 21.4 Å². The fraction of sp³-hybridized carbons (Fsp3) is 0.364. The fourth-order valence-corrected chi connectivity index (χ4v) is 4.43. The topological polar surface area (TPSA) is 70.1 Å². The zero-order valence-corrected chi connectivity index (χ0v) is 17.5. The Kier molecular flexibility index (Phi) is 8.12. The van der Waals surface area contributed by atoms with Gasteiger partial charge in [0.05, 0.1) is 19.3 Å². The molecule has 1 saturated heterocycles. The number of nitrogens with zero attached hydrogens (tertiary/aromatic N) is 2. The van der Waals surface area contributed by atoms with Gasteiger partial charge in [0.2, 0.25) is 10.0 Å². The van der Waals surface area contributed by atoms with E-state index in [4.69, 9.17) is 4.74 Å². The highest BCUT2D eigenvalue weighted by Crippen LogP contribution is 2.12. The van der Waals surface area contributed by atoms with Crippen LogP contribution in [0.25, 0.3) is 6.08 Å². The minimum atomic E-state index is -3.48. The standard InChI is InChI=1S/C22H27FN2O4S/c23-22-9-5-4-8-20(22)17-29-18-21(26)16-24-11-13-25(14-12-24)30(27,28)15-10-19-6-2-1-3-7-19/h1-10,15,21,26H,11-14,16-18H2/b15-10+. The van der Waals surface area contributed by atoms with Gasteiger partial charge in [-0.25, -0.2) is 12.8 Å². The number of β-amino-alcohol motifs (C(OH)–C–C–N with tert-alkyl or cyclic N) is 1. The van der Waals surface area contributed by atoms with E-state index in [0.29, 0.717) is 38.3 Å². The number of benzene rings is 2. The van der Waals surface area contributed by atoms with Crippen LogP contribution in [0.15, 0.2) is 60.0 Å². The molecule has 2 aromatic rings. The third-order valence-electron chi connectivity index (χ3n) is 4.92. The SMILES string of the molecule is O=S(=O)(/C=C/c1ccccc1)N1CCN(CC(O)COCc2ccccc2F)CC1. The lowest BCUT2D eigenvalue weighted by Gasteiger charge is -2.34. The molecule has 8 heteroatoms. The third-order valence-corrected chi connectivity index (χ3v) is 6.48. The number of ether oxygens (including phenoxy) is 1. The third kappa shape index (κ3) is 6.72. The van der Waals surface area contributed by atoms with Crippen LogP contribution in [0.5, 0.6) is 0 Å². The van der Waals surface area contributed by atoms with Gasteiger partial charge in [-0.1, -0.05) is 48.5 Å². The van der Waals surface area contributed by atoms with Gasteiger partial charge in [0.1, 0.15) is 5.82 Å². The number of piperazine rings is 1. The molecule has 1 atom stereocenters. The quantitative estimate of drug-likeness (QED) is 0.656. The summed E-state index contributed by atoms with van der Waals surface area (Å²) in [6.45, 7) is 2.36. The number of rotatable bonds is 9. The Labute approximate surface area is 177 Å². The Morgan fingerprint density at radius 1 is 1.03 bits per heavy atom. The fourth-order valence-electron chi connectivity index (χ4n) is 3.25. The first-order chi connectivity index (χ1) is 14.4. The molecule has 0 spiro atoms. The Hall–Kier alpha value is -2.10. The minimum Gasteiger partial charge on any atom is -0.389 e. The van der Waals surface area contributed by atoms with Crippen LogP contribution < -0.4 is 0 Å². The molecule has 0 aromatic heterocycles. The second-order valence-corrected chi connectivity index (χ2v) is 9.04. The van der Waals surface area contributed by atoms with Crippen LogP contribution in [0.4, 0.5) is 4.39 Å². The Morgan fingerprint density at radius 3 is 2.40 bits per heavy atom. The van der Waals surface area contributed by atoms with Crippen molar-refractivity contribution in [3.63, 3.8) is 0 Å². The highest BCUT2D eigenvalue weighted by atomic mass is 32.2. The molecule has 2 aromatic carbocycles. The molecule has 1 aliphatic heterocycles. The van der Waals surface area contributed by atoms with Crippen LogP contribution in [0.1, 0.15) is 11.1 Å². The van der Waals surface area contributed by atoms with E-state index in [1.54, 1.807) is 24.3 Å². The van der Waals surface area contributed by atoms with Crippen molar-refractivity contribution in [3.8, 4) is 0 Å². The zero-order valence-electron chi connectivity index (χ0n) is 16.7. The number of hydrogen-bond acceptors (Lipinski definition) is 5. The zero-order chi connectivity index (χ0) is 21.4. The van der Waals surface area contributed by atoms with Crippen LogP contribution in [0, 0.1) is 5.82 Å². The van der Waals surface area contributed by atoms with Crippen molar-refractivity contribution in [1.82, 2.24) is 9.21 Å². The summed E-state index contributed by atoms with van der Waals surface area (Å²) >= 11 is 0. The first-order valence-electron chi connectivity index (χ1n) is 9.89. The number of aliphatic hydroxyl groups is 1. The Bertz CT molecular complexity index is 929. The van der Waals surface area contributed by atoms with E-state index in [1.165, 1.54) is 15.8 Å². The molecule has 0 aliphatic carbocycles. The minimum absolute atomic E-state index is 0.0899. The highest BCUT2D eigenvalue weighted by Gasteiger charge is 2.26. The number of hydrogen-bond donors (Lipinski definition) is 1. The number of halogens is 1. The van der Waals surface area contributed by atoms with Crippen molar-refractivity contribution in [2.45, 2.75) is 12.7 Å². The van der Waals surface area contributed by atoms with Gasteiger partial charge in [-0.2, -0.15) is 4.31 Å². The van der Waals surface area contributed by atoms with Gasteiger partial charge < -0.3 is 9.84 Å². The number of sulfonamides is 1. The number of aliphatic hydroxyl groups excluding tert-OH is 1. The second kappa shape index (κ2) is 10.8. The highest BCUT2D eigenvalue weighted by molar-refractivity contribution is 7.92. The van der Waals surface area contributed by atoms with Crippen LogP contribution in [0.2, 0.25) is 0 Å². The lowest BCUT2D eigenvalue weighted by molar-refractivity contribution is 0.00473. The van der Waals surface area contributed by atoms with Gasteiger partial charge in [-0.15, -0.1) is 0 Å². The van der Waals surface area contributed by atoms with E-state index in [1.807, 2.05) is 35.2 Å². The van der Waals surface area contributed by atoms with Crippen molar-refractivity contribution in [1.29, 1.82) is 0 Å². The molecule has 6 nitrogen and oxygen atoms in total. The summed E-state index contributed by atoms with van der Waals surface area (Å²) in [5, 5.41) is 11.4. The average molecular weight is 435 g/mol. The maximum atomic E-state index is 13.6. The monoisotopic (exact) mass is 434 g/mol. The van der Waals surface area contributed by atoms with Crippen molar-refractivity contribution >= 4 is 16.1 Å². The largest absolute Gasteiger partial charge is 0.389 e. The molecule has 1 fully saturated rings. The predicted octanol–water partition coefficient (Wildman–Crippen LogP) is 2.32. The van der Waals surface area contributed by atoms with Crippen LogP contribution in [-0.4, -0.2) is 68.2 Å². The molecular weight excluding hydrogens is 407 g/mol. The smallest absolute Gasteiger partial charge is 0.236 e. The van der Waals surface area contributed by atoms with E-state index in [0.717, 1.165) is 5.56 Å². The first kappa shape index (κ1) is 22.6. The summed E-state index contributed by atoms with van der Waals surface area (Å²) in [7, 11) is -3.48. The Morgan fingerprint density at radius 2 is 1.70 bits per heavy atom. The summed E-state index contributed by atoms with van der Waals surface area (Å²) in [5.41, 5.74) is 1.28. The van der Waals surface area contributed by atoms with Gasteiger partial charge in [0.25, 0.3) is 0 Å². The summed E-state index contributed by atoms with van der Waals surface area (Å²) < 4.78 is 45.5. The lowest BCUT2D eigenvalue weighted by Crippen LogP contribution is -2.50. The summed E-state index contributed by atoms with van der Waals surface area (Å²) in [6.07, 6.45) is 0.871. The molecule has 0 amide bonds. The maximum absolute atomic E-state index is 13.6. The van der Waals surface area contributed by atoms with Gasteiger partial charge in [-0.3, -0.25) is 4.90 Å². The van der Waals surface area contributed by atoms with E-state index in [9.17, 15) is 17.9 Å². The molecule has 0 bridgehead atoms. The van der Waals surface area contributed by atoms with Gasteiger partial charge in [-0.05, 0) is 17.7 Å². The van der Waals surface area contributed by atoms with Gasteiger partial charge in [0.15, 0.2) is 0 Å². The first-order valence-corrected chi connectivity index (χ1v) is 11.4. The van der Waals surface area contributed by atoms with Gasteiger partial charge in [0, 0.05) is 43.7 Å². The lowest BCUT2D eigenvalue weighted by atomic mass is 10.2. The molecule has 162 valence electrons. The van der Waals surface area contributed by atoms with Crippen molar-refractivity contribution < 1.29 is 22.7 Å². The maximum Gasteiger partial charge on any atom is 0.236 e. The molecule has 1 N–H and O–H groups in total. The summed E-state index contributed by atoms with van der Waals surface area (Å²) in [6, 6.07) is 15.7. The molecular formula is C22H27FN2O4S. The van der Waals surface area contributed by atoms with Crippen LogP contribution in [0.3, 0.4) is 0 Å². The summed E-state index contributed by atoms with van der Waals surface area (Å²) in [5.74, 6) is -0.328. The van der Waals surface area contributed by atoms with Crippen LogP contribution >= 0.6 is 0 Å². The van der Waals surface area contributed by atoms with E-state index in [2.05, 4.69) is 0 Å². The Balaban J connectivity index is 1.40. The molecule has 30 heavy (non-hydrogen) atoms. The van der Waals surface area contributed by atoms with Crippen molar-refractivity contribution in [2.75, 3.05) is 39.3 Å². The van der Waals surface area contributed by atoms with E-state index in [-0.39, 0.29) is 19.0 Å². The van der Waals surface area contributed by atoms with Gasteiger partial charge >= 0.3 is 0 Å². The molecule has 1 heterocycles. The summed E-state index contributed by atoms with van der Waals surface area (Å²) in [4.78, 5) is 2.00. The van der Waals surface area contributed by atoms with E-state index >= 15 is 0 Å². The second-order valence-electron chi connectivity index (χ2n) is 7.22. The molecule has 1 aliphatic rings. The normalized spacial score (nSPS) is 17.4. The van der Waals surface area contributed by atoms with Crippen molar-refractivity contribution in [2.24, 2.45) is 0 Å². The average Bonchev–Trinajstić information content (AvgIpc) is 2.75. The predicted molar refractivity (Wildman–Crippen MR) is 114 cm³/mol. The van der Waals surface area contributed by atoms with E-state index < -0.39 is 16.1 Å². The molecule has 0 saturated carbocycles.